The van der Waals surface area contributed by atoms with Gasteiger partial charge in [-0.1, -0.05) is 49.4 Å². The van der Waals surface area contributed by atoms with Gasteiger partial charge in [-0.3, -0.25) is 4.79 Å². The highest BCUT2D eigenvalue weighted by molar-refractivity contribution is 5.92. The first-order chi connectivity index (χ1) is 14.8. The third kappa shape index (κ3) is 5.64. The van der Waals surface area contributed by atoms with E-state index < -0.39 is 17.1 Å². The number of rotatable bonds is 10. The van der Waals surface area contributed by atoms with Crippen LogP contribution in [-0.2, 0) is 20.9 Å². The van der Waals surface area contributed by atoms with E-state index in [1.165, 1.54) is 0 Å². The Hall–Kier alpha value is -2.86. The zero-order valence-corrected chi connectivity index (χ0v) is 18.4. The second-order valence-corrected chi connectivity index (χ2v) is 8.60. The minimum Gasteiger partial charge on any atom is -0.488 e. The van der Waals surface area contributed by atoms with Gasteiger partial charge in [0.25, 0.3) is 0 Å². The number of amides is 1. The number of carbonyl (C=O) groups excluding carboxylic acids is 2. The molecule has 6 heteroatoms. The maximum Gasteiger partial charge on any atom is 0.332 e. The molecule has 1 fully saturated rings. The molecule has 2 aromatic rings. The number of hydrogen-bond donors (Lipinski definition) is 2. The maximum atomic E-state index is 13.0. The zero-order chi connectivity index (χ0) is 22.5. The number of aliphatic hydroxyl groups is 1. The number of carbonyl (C=O) groups is 2. The maximum absolute atomic E-state index is 13.0. The molecule has 6 nitrogen and oxygen atoms in total. The lowest BCUT2D eigenvalue weighted by molar-refractivity contribution is -0.150. The molecule has 0 heterocycles. The summed E-state index contributed by atoms with van der Waals surface area (Å²) in [7, 11) is 0. The molecule has 0 radical (unpaired) electrons. The van der Waals surface area contributed by atoms with E-state index in [0.29, 0.717) is 25.0 Å². The van der Waals surface area contributed by atoms with Crippen LogP contribution in [0.3, 0.4) is 0 Å². The van der Waals surface area contributed by atoms with Gasteiger partial charge in [0.05, 0.1) is 0 Å². The van der Waals surface area contributed by atoms with Crippen LogP contribution in [-0.4, -0.2) is 34.7 Å². The van der Waals surface area contributed by atoms with Gasteiger partial charge in [-0.2, -0.15) is 0 Å². The van der Waals surface area contributed by atoms with E-state index in [9.17, 15) is 9.59 Å². The molecule has 2 aromatic carbocycles. The molecule has 0 bridgehead atoms. The highest BCUT2D eigenvalue weighted by Gasteiger charge is 2.63. The number of benzene rings is 2. The van der Waals surface area contributed by atoms with E-state index in [2.05, 4.69) is 5.32 Å². The van der Waals surface area contributed by atoms with Crippen LogP contribution < -0.4 is 10.1 Å². The smallest absolute Gasteiger partial charge is 0.332 e. The Labute approximate surface area is 183 Å². The van der Waals surface area contributed by atoms with Gasteiger partial charge < -0.3 is 19.9 Å². The molecule has 1 aliphatic rings. The first kappa shape index (κ1) is 22.8. The largest absolute Gasteiger partial charge is 0.488 e. The number of nitrogens with one attached hydrogen (secondary N) is 1. The van der Waals surface area contributed by atoms with Crippen LogP contribution >= 0.6 is 0 Å². The van der Waals surface area contributed by atoms with Crippen molar-refractivity contribution >= 4 is 11.9 Å². The first-order valence-electron chi connectivity index (χ1n) is 10.7. The average Bonchev–Trinajstić information content (AvgIpc) is 3.48. The third-order valence-electron chi connectivity index (χ3n) is 5.61. The van der Waals surface area contributed by atoms with E-state index in [0.717, 1.165) is 11.1 Å². The summed E-state index contributed by atoms with van der Waals surface area (Å²) in [6.45, 7) is 5.83. The number of ether oxygens (including phenoxy) is 2. The van der Waals surface area contributed by atoms with Crippen LogP contribution in [0.15, 0.2) is 54.6 Å². The summed E-state index contributed by atoms with van der Waals surface area (Å²) in [5.41, 5.74) is 0.341. The number of esters is 1. The van der Waals surface area contributed by atoms with E-state index in [1.807, 2.05) is 68.4 Å². The quantitative estimate of drug-likeness (QED) is 0.567. The van der Waals surface area contributed by atoms with Gasteiger partial charge in [-0.05, 0) is 43.5 Å². The van der Waals surface area contributed by atoms with Crippen LogP contribution in [0, 0.1) is 0 Å². The predicted molar refractivity (Wildman–Crippen MR) is 118 cm³/mol. The Morgan fingerprint density at radius 3 is 2.42 bits per heavy atom. The Morgan fingerprint density at radius 1 is 1.13 bits per heavy atom. The Morgan fingerprint density at radius 2 is 1.81 bits per heavy atom. The van der Waals surface area contributed by atoms with Crippen molar-refractivity contribution in [1.82, 2.24) is 5.32 Å². The summed E-state index contributed by atoms with van der Waals surface area (Å²) in [6, 6.07) is 17.0. The molecule has 1 amide bonds. The monoisotopic (exact) mass is 425 g/mol. The molecular weight excluding hydrogens is 394 g/mol. The summed E-state index contributed by atoms with van der Waals surface area (Å²) in [4.78, 5) is 25.1. The van der Waals surface area contributed by atoms with E-state index >= 15 is 0 Å². The fourth-order valence-electron chi connectivity index (χ4n) is 3.68. The lowest BCUT2D eigenvalue weighted by Gasteiger charge is -2.25. The van der Waals surface area contributed by atoms with Crippen LogP contribution in [0.2, 0.25) is 0 Å². The molecule has 0 aromatic heterocycles. The molecule has 0 saturated heterocycles. The SMILES string of the molecule is CCC(=O)NC1(C(=O)OCc2ccccc2)C[C@H]1c1ccc(OC(C)(C)CCO)cc1. The van der Waals surface area contributed by atoms with Gasteiger partial charge >= 0.3 is 5.97 Å². The summed E-state index contributed by atoms with van der Waals surface area (Å²) >= 11 is 0. The molecule has 0 aliphatic heterocycles. The number of aliphatic hydroxyl groups excluding tert-OH is 1. The van der Waals surface area contributed by atoms with Crippen LogP contribution in [0.5, 0.6) is 5.75 Å². The van der Waals surface area contributed by atoms with Crippen LogP contribution in [0.4, 0.5) is 0 Å². The van der Waals surface area contributed by atoms with Gasteiger partial charge in [-0.25, -0.2) is 4.79 Å². The molecule has 1 unspecified atom stereocenters. The number of hydrogen-bond acceptors (Lipinski definition) is 5. The predicted octanol–water partition coefficient (Wildman–Crippen LogP) is 3.72. The lowest BCUT2D eigenvalue weighted by Crippen LogP contribution is -2.45. The molecule has 31 heavy (non-hydrogen) atoms. The van der Waals surface area contributed by atoms with Crippen molar-refractivity contribution in [3.05, 3.63) is 65.7 Å². The highest BCUT2D eigenvalue weighted by Crippen LogP contribution is 2.52. The minimum atomic E-state index is -1.03. The Kier molecular flexibility index (Phi) is 7.01. The first-order valence-corrected chi connectivity index (χ1v) is 10.7. The van der Waals surface area contributed by atoms with Gasteiger partial charge in [0.1, 0.15) is 23.5 Å². The van der Waals surface area contributed by atoms with E-state index in [-0.39, 0.29) is 25.0 Å². The fraction of sp³-hybridized carbons (Fsp3) is 0.440. The summed E-state index contributed by atoms with van der Waals surface area (Å²) in [5, 5.41) is 12.1. The second kappa shape index (κ2) is 9.52. The van der Waals surface area contributed by atoms with Gasteiger partial charge in [0, 0.05) is 25.4 Å². The van der Waals surface area contributed by atoms with Gasteiger partial charge in [0.15, 0.2) is 0 Å². The molecular formula is C25H31NO5. The Bertz CT molecular complexity index is 894. The molecule has 0 spiro atoms. The minimum absolute atomic E-state index is 0.0535. The molecule has 2 N–H and O–H groups in total. The molecule has 3 rings (SSSR count). The van der Waals surface area contributed by atoms with Crippen molar-refractivity contribution in [2.75, 3.05) is 6.61 Å². The van der Waals surface area contributed by atoms with E-state index in [1.54, 1.807) is 6.92 Å². The summed E-state index contributed by atoms with van der Waals surface area (Å²) in [6.07, 6.45) is 1.33. The topological polar surface area (TPSA) is 84.9 Å². The fourth-order valence-corrected chi connectivity index (χ4v) is 3.68. The average molecular weight is 426 g/mol. The second-order valence-electron chi connectivity index (χ2n) is 8.60. The van der Waals surface area contributed by atoms with Crippen LogP contribution in [0.1, 0.15) is 57.1 Å². The van der Waals surface area contributed by atoms with Gasteiger partial charge in [-0.15, -0.1) is 0 Å². The standard InChI is InChI=1S/C25H31NO5/c1-4-22(28)26-25(23(29)30-17-18-8-6-5-7-9-18)16-21(25)19-10-12-20(13-11-19)31-24(2,3)14-15-27/h5-13,21,27H,4,14-17H2,1-3H3,(H,26,28)/t21-,25?/m0/s1. The van der Waals surface area contributed by atoms with Crippen molar-refractivity contribution in [3.63, 3.8) is 0 Å². The summed E-state index contributed by atoms with van der Waals surface area (Å²) in [5.74, 6) is -0.0408. The highest BCUT2D eigenvalue weighted by atomic mass is 16.5. The Balaban J connectivity index is 1.71. The van der Waals surface area contributed by atoms with E-state index in [4.69, 9.17) is 14.6 Å². The molecule has 1 aliphatic carbocycles. The van der Waals surface area contributed by atoms with Crippen molar-refractivity contribution < 1.29 is 24.2 Å². The molecule has 166 valence electrons. The third-order valence-corrected chi connectivity index (χ3v) is 5.61. The zero-order valence-electron chi connectivity index (χ0n) is 18.4. The van der Waals surface area contributed by atoms with Crippen LogP contribution in [0.25, 0.3) is 0 Å². The van der Waals surface area contributed by atoms with Crippen molar-refractivity contribution in [2.24, 2.45) is 0 Å². The molecule has 1 saturated carbocycles. The van der Waals surface area contributed by atoms with Crippen molar-refractivity contribution in [2.45, 2.75) is 63.7 Å². The van der Waals surface area contributed by atoms with Gasteiger partial charge in [0.2, 0.25) is 5.91 Å². The normalized spacial score (nSPS) is 20.1. The summed E-state index contributed by atoms with van der Waals surface area (Å²) < 4.78 is 11.5. The van der Waals surface area contributed by atoms with Crippen molar-refractivity contribution in [3.8, 4) is 5.75 Å². The lowest BCUT2D eigenvalue weighted by atomic mass is 10.0. The van der Waals surface area contributed by atoms with Crippen molar-refractivity contribution in [1.29, 1.82) is 0 Å². The molecule has 2 atom stereocenters.